The van der Waals surface area contributed by atoms with Crippen molar-refractivity contribution in [1.82, 2.24) is 5.32 Å². The highest BCUT2D eigenvalue weighted by Crippen LogP contribution is 2.29. The van der Waals surface area contributed by atoms with Crippen LogP contribution >= 0.6 is 0 Å². The number of hydrogen-bond donors (Lipinski definition) is 1. The van der Waals surface area contributed by atoms with E-state index in [0.717, 1.165) is 30.7 Å². The zero-order valence-electron chi connectivity index (χ0n) is 15.3. The van der Waals surface area contributed by atoms with Crippen molar-refractivity contribution in [2.24, 2.45) is 0 Å². The molecule has 0 aliphatic carbocycles. The van der Waals surface area contributed by atoms with Gasteiger partial charge in [0.25, 0.3) is 0 Å². The molecule has 0 amide bonds. The van der Waals surface area contributed by atoms with Crippen LogP contribution in [0.2, 0.25) is 0 Å². The molecule has 1 aromatic heterocycles. The third-order valence-electron chi connectivity index (χ3n) is 4.92. The van der Waals surface area contributed by atoms with Crippen LogP contribution in [0.3, 0.4) is 0 Å². The Hall–Kier alpha value is -2.86. The van der Waals surface area contributed by atoms with Gasteiger partial charge in [-0.2, -0.15) is 0 Å². The molecule has 1 saturated heterocycles. The Kier molecular flexibility index (Phi) is 4.58. The maximum atomic E-state index is 14.3. The van der Waals surface area contributed by atoms with Gasteiger partial charge in [0.05, 0.1) is 18.1 Å². The van der Waals surface area contributed by atoms with Gasteiger partial charge >= 0.3 is 5.63 Å². The largest absolute Gasteiger partial charge is 0.497 e. The lowest BCUT2D eigenvalue weighted by Crippen LogP contribution is -2.49. The third kappa shape index (κ3) is 3.40. The van der Waals surface area contributed by atoms with Crippen molar-refractivity contribution in [2.75, 3.05) is 31.6 Å². The Bertz CT molecular complexity index is 1050. The maximum Gasteiger partial charge on any atom is 0.344 e. The Labute approximate surface area is 156 Å². The van der Waals surface area contributed by atoms with Crippen LogP contribution in [0.4, 0.5) is 10.1 Å². The van der Waals surface area contributed by atoms with E-state index in [2.05, 4.69) is 17.1 Å². The maximum absolute atomic E-state index is 14.3. The summed E-state index contributed by atoms with van der Waals surface area (Å²) in [5, 5.41) is 4.62. The van der Waals surface area contributed by atoms with Gasteiger partial charge in [-0.1, -0.05) is 6.07 Å². The summed E-state index contributed by atoms with van der Waals surface area (Å²) in [5.74, 6) is 0.119. The number of nitrogens with zero attached hydrogens (tertiary/aromatic N) is 1. The summed E-state index contributed by atoms with van der Waals surface area (Å²) in [6, 6.07) is 12.3. The molecule has 3 aromatic rings. The molecule has 1 atom stereocenters. The van der Waals surface area contributed by atoms with Crippen molar-refractivity contribution in [2.45, 2.75) is 13.0 Å². The molecule has 140 valence electrons. The van der Waals surface area contributed by atoms with Gasteiger partial charge in [0.2, 0.25) is 0 Å². The van der Waals surface area contributed by atoms with Crippen molar-refractivity contribution in [1.29, 1.82) is 0 Å². The van der Waals surface area contributed by atoms with Crippen LogP contribution in [0, 0.1) is 5.82 Å². The predicted octanol–water partition coefficient (Wildman–Crippen LogP) is 3.41. The Morgan fingerprint density at radius 2 is 2.07 bits per heavy atom. The van der Waals surface area contributed by atoms with Crippen LogP contribution < -0.4 is 20.6 Å². The van der Waals surface area contributed by atoms with Crippen LogP contribution in [0.25, 0.3) is 22.1 Å². The molecule has 1 fully saturated rings. The van der Waals surface area contributed by atoms with Crippen molar-refractivity contribution in [3.05, 3.63) is 58.7 Å². The smallest absolute Gasteiger partial charge is 0.344 e. The molecular formula is C21H21FN2O3. The zero-order chi connectivity index (χ0) is 19.0. The number of piperazine rings is 1. The Morgan fingerprint density at radius 3 is 2.81 bits per heavy atom. The summed E-state index contributed by atoms with van der Waals surface area (Å²) in [6.07, 6.45) is 0. The fourth-order valence-electron chi connectivity index (χ4n) is 3.49. The van der Waals surface area contributed by atoms with Gasteiger partial charge in [-0.05, 0) is 42.6 Å². The van der Waals surface area contributed by atoms with Gasteiger partial charge in [-0.15, -0.1) is 0 Å². The molecule has 5 nitrogen and oxygen atoms in total. The number of ether oxygens (including phenoxy) is 1. The highest BCUT2D eigenvalue weighted by Gasteiger charge is 2.17. The summed E-state index contributed by atoms with van der Waals surface area (Å²) in [5.41, 5.74) is 0.754. The molecule has 1 N–H and O–H groups in total. The average Bonchev–Trinajstić information content (AvgIpc) is 2.67. The molecule has 0 spiro atoms. The molecule has 1 unspecified atom stereocenters. The number of fused-ring (bicyclic) bond motifs is 1. The van der Waals surface area contributed by atoms with Gasteiger partial charge in [0, 0.05) is 37.4 Å². The summed E-state index contributed by atoms with van der Waals surface area (Å²) < 4.78 is 24.8. The fraction of sp³-hybridized carbons (Fsp3) is 0.286. The van der Waals surface area contributed by atoms with Crippen LogP contribution in [0.5, 0.6) is 5.75 Å². The Morgan fingerprint density at radius 1 is 1.22 bits per heavy atom. The van der Waals surface area contributed by atoms with Gasteiger partial charge in [-0.3, -0.25) is 0 Å². The van der Waals surface area contributed by atoms with E-state index in [-0.39, 0.29) is 11.3 Å². The summed E-state index contributed by atoms with van der Waals surface area (Å²) in [4.78, 5) is 14.8. The first kappa shape index (κ1) is 17.5. The standard InChI is InChI=1S/C21H21FN2O3/c1-13-12-24(8-7-23-13)15-4-3-14-9-20(27-21(25)18(14)10-15)17-6-5-16(26-2)11-19(17)22/h3-6,9-11,13,23H,7-8,12H2,1-2H3. The molecule has 0 bridgehead atoms. The Balaban J connectivity index is 1.74. The second-order valence-electron chi connectivity index (χ2n) is 6.82. The summed E-state index contributed by atoms with van der Waals surface area (Å²) in [7, 11) is 1.47. The second kappa shape index (κ2) is 7.04. The highest BCUT2D eigenvalue weighted by molar-refractivity contribution is 5.87. The monoisotopic (exact) mass is 368 g/mol. The lowest BCUT2D eigenvalue weighted by atomic mass is 10.1. The number of benzene rings is 2. The van der Waals surface area contributed by atoms with Gasteiger partial charge in [0.1, 0.15) is 17.3 Å². The predicted molar refractivity (Wildman–Crippen MR) is 104 cm³/mol. The number of anilines is 1. The first-order valence-corrected chi connectivity index (χ1v) is 8.95. The van der Waals surface area contributed by atoms with Crippen LogP contribution in [-0.2, 0) is 0 Å². The van der Waals surface area contributed by atoms with Crippen molar-refractivity contribution in [3.8, 4) is 17.1 Å². The van der Waals surface area contributed by atoms with E-state index in [0.29, 0.717) is 17.2 Å². The number of rotatable bonds is 3. The van der Waals surface area contributed by atoms with Crippen LogP contribution in [0.15, 0.2) is 51.7 Å². The normalized spacial score (nSPS) is 17.3. The molecule has 2 heterocycles. The number of methoxy groups -OCH3 is 1. The second-order valence-corrected chi connectivity index (χ2v) is 6.82. The SMILES string of the molecule is COc1ccc(-c2cc3ccc(N4CCNC(C)C4)cc3c(=O)o2)c(F)c1. The zero-order valence-corrected chi connectivity index (χ0v) is 15.3. The minimum atomic E-state index is -0.497. The highest BCUT2D eigenvalue weighted by atomic mass is 19.1. The van der Waals surface area contributed by atoms with Gasteiger partial charge in [0.15, 0.2) is 0 Å². The van der Waals surface area contributed by atoms with E-state index in [4.69, 9.17) is 9.15 Å². The van der Waals surface area contributed by atoms with E-state index in [1.165, 1.54) is 13.2 Å². The van der Waals surface area contributed by atoms with E-state index in [1.807, 2.05) is 18.2 Å². The summed E-state index contributed by atoms with van der Waals surface area (Å²) in [6.45, 7) is 4.81. The third-order valence-corrected chi connectivity index (χ3v) is 4.92. The molecule has 1 aliphatic rings. The van der Waals surface area contributed by atoms with Crippen LogP contribution in [-0.4, -0.2) is 32.8 Å². The first-order valence-electron chi connectivity index (χ1n) is 8.95. The molecule has 2 aromatic carbocycles. The molecule has 6 heteroatoms. The quantitative estimate of drug-likeness (QED) is 0.768. The van der Waals surface area contributed by atoms with E-state index < -0.39 is 11.4 Å². The summed E-state index contributed by atoms with van der Waals surface area (Å²) >= 11 is 0. The van der Waals surface area contributed by atoms with E-state index >= 15 is 0 Å². The number of nitrogens with one attached hydrogen (secondary N) is 1. The topological polar surface area (TPSA) is 54.7 Å². The van der Waals surface area contributed by atoms with Crippen molar-refractivity contribution in [3.63, 3.8) is 0 Å². The molecular weight excluding hydrogens is 347 g/mol. The van der Waals surface area contributed by atoms with E-state index in [1.54, 1.807) is 18.2 Å². The molecule has 0 saturated carbocycles. The lowest BCUT2D eigenvalue weighted by molar-refractivity contribution is 0.411. The average molecular weight is 368 g/mol. The molecule has 0 radical (unpaired) electrons. The van der Waals surface area contributed by atoms with Gasteiger partial charge in [-0.25, -0.2) is 9.18 Å². The van der Waals surface area contributed by atoms with Crippen molar-refractivity contribution < 1.29 is 13.5 Å². The number of hydrogen-bond acceptors (Lipinski definition) is 5. The fourth-order valence-corrected chi connectivity index (χ4v) is 3.49. The van der Waals surface area contributed by atoms with Crippen molar-refractivity contribution >= 4 is 16.5 Å². The number of halogens is 1. The van der Waals surface area contributed by atoms with Crippen LogP contribution in [0.1, 0.15) is 6.92 Å². The molecule has 4 rings (SSSR count). The first-order chi connectivity index (χ1) is 13.0. The minimum absolute atomic E-state index is 0.205. The molecule has 27 heavy (non-hydrogen) atoms. The minimum Gasteiger partial charge on any atom is -0.497 e. The van der Waals surface area contributed by atoms with E-state index in [9.17, 15) is 9.18 Å². The lowest BCUT2D eigenvalue weighted by Gasteiger charge is -2.33. The van der Waals surface area contributed by atoms with Gasteiger partial charge < -0.3 is 19.4 Å². The molecule has 1 aliphatic heterocycles.